The number of nitrogens with zero attached hydrogens (tertiary/aromatic N) is 3. The molecule has 0 aromatic heterocycles. The Bertz CT molecular complexity index is 1400. The Morgan fingerprint density at radius 1 is 1.00 bits per heavy atom. The molecule has 0 bridgehead atoms. The van der Waals surface area contributed by atoms with Crippen LogP contribution < -0.4 is 20.4 Å². The fourth-order valence-electron chi connectivity index (χ4n) is 4.93. The predicted octanol–water partition coefficient (Wildman–Crippen LogP) is 3.95. The highest BCUT2D eigenvalue weighted by atomic mass is 19.1. The minimum absolute atomic E-state index is 0.0574. The summed E-state index contributed by atoms with van der Waals surface area (Å²) in [4.78, 5) is 65.6. The molecule has 2 fully saturated rings. The van der Waals surface area contributed by atoms with E-state index in [0.717, 1.165) is 0 Å². The number of ether oxygens (including phenoxy) is 2. The molecule has 44 heavy (non-hydrogen) atoms. The number of piperazine rings is 1. The number of carbonyl (C=O) groups excluding carboxylic acids is 5. The fourth-order valence-corrected chi connectivity index (χ4v) is 4.93. The number of halogens is 1. The number of rotatable bonds is 9. The van der Waals surface area contributed by atoms with Crippen LogP contribution in [0.4, 0.5) is 31.0 Å². The molecule has 2 N–H and O–H groups in total. The first kappa shape index (κ1) is 32.2. The Morgan fingerprint density at radius 3 is 2.30 bits per heavy atom. The Balaban J connectivity index is 1.24. The molecule has 2 heterocycles. The maximum absolute atomic E-state index is 15.2. The van der Waals surface area contributed by atoms with Gasteiger partial charge in [0.1, 0.15) is 17.5 Å². The molecule has 0 aliphatic carbocycles. The largest absolute Gasteiger partial charge is 0.444 e. The van der Waals surface area contributed by atoms with Gasteiger partial charge in [-0.3, -0.25) is 19.3 Å². The maximum Gasteiger partial charge on any atom is 0.414 e. The van der Waals surface area contributed by atoms with E-state index in [0.29, 0.717) is 48.8 Å². The highest BCUT2D eigenvalue weighted by molar-refractivity contribution is 5.98. The molecule has 0 radical (unpaired) electrons. The van der Waals surface area contributed by atoms with Crippen molar-refractivity contribution in [1.82, 2.24) is 10.2 Å². The molecule has 1 atom stereocenters. The van der Waals surface area contributed by atoms with Crippen LogP contribution in [0.5, 0.6) is 0 Å². The highest BCUT2D eigenvalue weighted by Crippen LogP contribution is 2.29. The monoisotopic (exact) mass is 611 g/mol. The molecule has 4 rings (SSSR count). The van der Waals surface area contributed by atoms with Crippen molar-refractivity contribution in [2.24, 2.45) is 0 Å². The number of hydrogen-bond acceptors (Lipinski definition) is 8. The van der Waals surface area contributed by atoms with Gasteiger partial charge in [-0.1, -0.05) is 0 Å². The molecule has 0 unspecified atom stereocenters. The normalized spacial score (nSPS) is 16.8. The second-order valence-corrected chi connectivity index (χ2v) is 11.7. The van der Waals surface area contributed by atoms with Gasteiger partial charge in [-0.25, -0.2) is 14.0 Å². The minimum atomic E-state index is -0.657. The lowest BCUT2D eigenvalue weighted by molar-refractivity contribution is -0.131. The molecule has 236 valence electrons. The van der Waals surface area contributed by atoms with E-state index in [-0.39, 0.29) is 43.5 Å². The molecular formula is C31H38FN5O7. The summed E-state index contributed by atoms with van der Waals surface area (Å²) in [7, 11) is 0. The molecule has 0 spiro atoms. The highest BCUT2D eigenvalue weighted by Gasteiger charge is 2.34. The van der Waals surface area contributed by atoms with Gasteiger partial charge in [0, 0.05) is 57.2 Å². The molecule has 2 aliphatic heterocycles. The second kappa shape index (κ2) is 13.7. The summed E-state index contributed by atoms with van der Waals surface area (Å²) >= 11 is 0. The Morgan fingerprint density at radius 2 is 1.68 bits per heavy atom. The lowest BCUT2D eigenvalue weighted by Crippen LogP contribution is -2.49. The Hall–Kier alpha value is -4.68. The number of benzene rings is 2. The van der Waals surface area contributed by atoms with Crippen molar-refractivity contribution in [3.8, 4) is 0 Å². The van der Waals surface area contributed by atoms with E-state index in [4.69, 9.17) is 9.47 Å². The molecule has 2 aliphatic rings. The van der Waals surface area contributed by atoms with E-state index in [1.54, 1.807) is 62.1 Å². The first-order chi connectivity index (χ1) is 20.8. The van der Waals surface area contributed by atoms with Crippen molar-refractivity contribution < 1.29 is 37.8 Å². The topological polar surface area (TPSA) is 138 Å². The summed E-state index contributed by atoms with van der Waals surface area (Å²) in [5, 5.41) is 5.21. The number of Topliss-reactive ketones (excluding diaryl/α,β-unsaturated/α-hetero) is 1. The molecule has 12 nitrogen and oxygen atoms in total. The van der Waals surface area contributed by atoms with E-state index < -0.39 is 29.7 Å². The molecule has 2 saturated heterocycles. The SMILES string of the molecule is CC(=O)Nc1ccc(C(=O)CCC(=O)N2CCN(c3ccc(N4C[C@H](CNC(=O)OC(C)(C)C)OC4=O)cc3F)CC2)cc1. The summed E-state index contributed by atoms with van der Waals surface area (Å²) in [6.07, 6.45) is -1.75. The van der Waals surface area contributed by atoms with Crippen LogP contribution in [-0.4, -0.2) is 85.7 Å². The van der Waals surface area contributed by atoms with Gasteiger partial charge in [0.2, 0.25) is 11.8 Å². The average Bonchev–Trinajstić information content (AvgIpc) is 3.34. The third-order valence-corrected chi connectivity index (χ3v) is 7.06. The summed E-state index contributed by atoms with van der Waals surface area (Å²) in [6, 6.07) is 11.0. The number of amides is 4. The summed E-state index contributed by atoms with van der Waals surface area (Å²) in [5.74, 6) is -1.03. The fraction of sp³-hybridized carbons (Fsp3) is 0.452. The first-order valence-corrected chi connectivity index (χ1v) is 14.5. The molecular weight excluding hydrogens is 573 g/mol. The van der Waals surface area contributed by atoms with Crippen molar-refractivity contribution in [1.29, 1.82) is 0 Å². The minimum Gasteiger partial charge on any atom is -0.444 e. The zero-order chi connectivity index (χ0) is 32.0. The summed E-state index contributed by atoms with van der Waals surface area (Å²) < 4.78 is 25.7. The number of carbonyl (C=O) groups is 5. The van der Waals surface area contributed by atoms with E-state index in [2.05, 4.69) is 10.6 Å². The van der Waals surface area contributed by atoms with Crippen LogP contribution in [0.15, 0.2) is 42.5 Å². The van der Waals surface area contributed by atoms with Gasteiger partial charge in [0.25, 0.3) is 0 Å². The Labute approximate surface area is 255 Å². The molecule has 0 saturated carbocycles. The van der Waals surface area contributed by atoms with Crippen LogP contribution in [0.2, 0.25) is 0 Å². The van der Waals surface area contributed by atoms with Gasteiger partial charge in [0.15, 0.2) is 5.78 Å². The number of anilines is 3. The number of hydrogen-bond donors (Lipinski definition) is 2. The predicted molar refractivity (Wildman–Crippen MR) is 161 cm³/mol. The van der Waals surface area contributed by atoms with E-state index >= 15 is 4.39 Å². The third-order valence-electron chi connectivity index (χ3n) is 7.06. The van der Waals surface area contributed by atoms with Gasteiger partial charge < -0.3 is 29.9 Å². The van der Waals surface area contributed by atoms with Crippen LogP contribution in [0.25, 0.3) is 0 Å². The molecule has 13 heteroatoms. The van der Waals surface area contributed by atoms with Crippen LogP contribution in [0.3, 0.4) is 0 Å². The standard InChI is InChI=1S/C31H38FN5O7/c1-20(38)34-22-7-5-21(6-8-22)27(39)11-12-28(40)36-15-13-35(14-16-36)26-10-9-23(17-25(26)32)37-19-24(43-30(37)42)18-33-29(41)44-31(2,3)4/h5-10,17,24H,11-16,18-19H2,1-4H3,(H,33,41)(H,34,38)/t24-/m0/s1. The molecule has 2 aromatic carbocycles. The molecule has 2 aromatic rings. The van der Waals surface area contributed by atoms with Crippen molar-refractivity contribution >= 4 is 46.8 Å². The van der Waals surface area contributed by atoms with Crippen LogP contribution >= 0.6 is 0 Å². The first-order valence-electron chi connectivity index (χ1n) is 14.5. The van der Waals surface area contributed by atoms with Crippen LogP contribution in [-0.2, 0) is 19.1 Å². The number of cyclic esters (lactones) is 1. The number of alkyl carbamates (subject to hydrolysis) is 1. The average molecular weight is 612 g/mol. The summed E-state index contributed by atoms with van der Waals surface area (Å²) in [5.41, 5.74) is 1.08. The zero-order valence-corrected chi connectivity index (χ0v) is 25.4. The van der Waals surface area contributed by atoms with Crippen LogP contribution in [0.1, 0.15) is 50.9 Å². The third kappa shape index (κ3) is 8.68. The number of nitrogens with one attached hydrogen (secondary N) is 2. The lowest BCUT2D eigenvalue weighted by atomic mass is 10.1. The summed E-state index contributed by atoms with van der Waals surface area (Å²) in [6.45, 7) is 8.40. The molecule has 4 amide bonds. The van der Waals surface area contributed by atoms with Crippen molar-refractivity contribution in [3.63, 3.8) is 0 Å². The van der Waals surface area contributed by atoms with E-state index in [1.165, 1.54) is 17.9 Å². The van der Waals surface area contributed by atoms with Gasteiger partial charge in [0.05, 0.1) is 24.5 Å². The van der Waals surface area contributed by atoms with E-state index in [9.17, 15) is 24.0 Å². The maximum atomic E-state index is 15.2. The van der Waals surface area contributed by atoms with Gasteiger partial charge >= 0.3 is 12.2 Å². The van der Waals surface area contributed by atoms with Gasteiger partial charge in [-0.05, 0) is 63.2 Å². The van der Waals surface area contributed by atoms with Gasteiger partial charge in [-0.15, -0.1) is 0 Å². The van der Waals surface area contributed by atoms with Crippen molar-refractivity contribution in [2.45, 2.75) is 52.2 Å². The zero-order valence-electron chi connectivity index (χ0n) is 25.4. The lowest BCUT2D eigenvalue weighted by Gasteiger charge is -2.36. The van der Waals surface area contributed by atoms with E-state index in [1.807, 2.05) is 4.90 Å². The second-order valence-electron chi connectivity index (χ2n) is 11.7. The Kier molecular flexibility index (Phi) is 10.1. The van der Waals surface area contributed by atoms with Crippen molar-refractivity contribution in [2.75, 3.05) is 54.4 Å². The number of ketones is 1. The van der Waals surface area contributed by atoms with Crippen molar-refractivity contribution in [3.05, 3.63) is 53.8 Å². The van der Waals surface area contributed by atoms with Gasteiger partial charge in [-0.2, -0.15) is 0 Å². The quantitative estimate of drug-likeness (QED) is 0.407. The van der Waals surface area contributed by atoms with Crippen LogP contribution in [0, 0.1) is 5.82 Å². The smallest absolute Gasteiger partial charge is 0.414 e.